The number of ether oxygens (including phenoxy) is 2. The maximum Gasteiger partial charge on any atom is 0.143 e. The molecule has 2 heteroatoms. The first-order chi connectivity index (χ1) is 28.8. The van der Waals surface area contributed by atoms with Gasteiger partial charge in [0.1, 0.15) is 11.2 Å². The van der Waals surface area contributed by atoms with Crippen molar-refractivity contribution in [1.29, 1.82) is 0 Å². The van der Waals surface area contributed by atoms with Gasteiger partial charge in [0.05, 0.1) is 0 Å². The third kappa shape index (κ3) is 8.63. The Labute approximate surface area is 376 Å². The fraction of sp³-hybridized carbons (Fsp3) is 0.400. The number of aryl methyl sites for hydroxylation is 4. The van der Waals surface area contributed by atoms with Crippen LogP contribution in [0.1, 0.15) is 161 Å². The Hall–Kier alpha value is -4.76. The third-order valence-corrected chi connectivity index (χ3v) is 13.4. The van der Waals surface area contributed by atoms with E-state index >= 15 is 0 Å². The Kier molecular flexibility index (Phi) is 12.6. The third-order valence-electron chi connectivity index (χ3n) is 13.4. The summed E-state index contributed by atoms with van der Waals surface area (Å²) in [4.78, 5) is 0. The van der Waals surface area contributed by atoms with E-state index in [1.165, 1.54) is 55.6 Å². The van der Waals surface area contributed by atoms with Crippen LogP contribution >= 0.6 is 0 Å². The molecule has 0 aromatic heterocycles. The van der Waals surface area contributed by atoms with E-state index in [9.17, 15) is 0 Å². The number of benzene rings is 6. The molecule has 0 aliphatic rings. The molecule has 0 fully saturated rings. The van der Waals surface area contributed by atoms with Crippen molar-refractivity contribution in [3.63, 3.8) is 0 Å². The predicted molar refractivity (Wildman–Crippen MR) is 265 cm³/mol. The van der Waals surface area contributed by atoms with Gasteiger partial charge >= 0.3 is 0 Å². The lowest BCUT2D eigenvalue weighted by molar-refractivity contribution is 0.0577. The van der Waals surface area contributed by atoms with Crippen LogP contribution in [0.2, 0.25) is 0 Å². The molecular weight excluding hydrogens is 753 g/mol. The second kappa shape index (κ2) is 16.7. The summed E-state index contributed by atoms with van der Waals surface area (Å²) in [5.41, 5.74) is 17.3. The SMILES string of the molecule is COC(c1ccc(C(C)(C)C)cc1)(c1ccc(C(C)(C)C)cc1)c1cc(-c2cc(C(OC)(c3ccc(C(C)(C)C)cc3)c3ccc(C(C)(C)C)cc3)c(C)cc2C)c(C)cc1C. The number of methoxy groups -OCH3 is 2. The molecule has 0 unspecified atom stereocenters. The lowest BCUT2D eigenvalue weighted by Gasteiger charge is -2.38. The van der Waals surface area contributed by atoms with Crippen LogP contribution in [0.25, 0.3) is 11.1 Å². The Bertz CT molecular complexity index is 2210. The highest BCUT2D eigenvalue weighted by Gasteiger charge is 2.41. The van der Waals surface area contributed by atoms with E-state index in [4.69, 9.17) is 9.47 Å². The second-order valence-electron chi connectivity index (χ2n) is 22.0. The highest BCUT2D eigenvalue weighted by molar-refractivity contribution is 5.75. The fourth-order valence-corrected chi connectivity index (χ4v) is 9.51. The first kappa shape index (κ1) is 46.7. The van der Waals surface area contributed by atoms with Gasteiger partial charge in [-0.25, -0.2) is 0 Å². The highest BCUT2D eigenvalue weighted by atomic mass is 16.5. The molecule has 0 radical (unpaired) electrons. The minimum atomic E-state index is -0.874. The second-order valence-corrected chi connectivity index (χ2v) is 22.0. The van der Waals surface area contributed by atoms with E-state index in [1.54, 1.807) is 0 Å². The maximum atomic E-state index is 6.97. The zero-order valence-corrected chi connectivity index (χ0v) is 41.4. The molecule has 326 valence electrons. The van der Waals surface area contributed by atoms with Gasteiger partial charge in [-0.2, -0.15) is 0 Å². The standard InChI is InChI=1S/C60H74O2/c1-39-35-41(3)53(59(61-17,47-27-19-43(20-28-47)55(5,6)7)48-29-21-44(22-30-48)56(8,9)10)37-51(39)52-38-54(42(4)36-40(52)2)60(62-18,49-31-23-45(24-32-49)57(11,12)13)50-33-25-46(26-34-50)58(14,15)16/h19-38H,1-18H3. The van der Waals surface area contributed by atoms with Crippen LogP contribution < -0.4 is 0 Å². The van der Waals surface area contributed by atoms with Crippen molar-refractivity contribution in [2.75, 3.05) is 14.2 Å². The van der Waals surface area contributed by atoms with Crippen LogP contribution in [0.4, 0.5) is 0 Å². The van der Waals surface area contributed by atoms with Gasteiger partial charge in [-0.3, -0.25) is 0 Å². The molecule has 0 N–H and O–H groups in total. The zero-order chi connectivity index (χ0) is 45.8. The van der Waals surface area contributed by atoms with Crippen LogP contribution in [0.15, 0.2) is 121 Å². The highest BCUT2D eigenvalue weighted by Crippen LogP contribution is 2.48. The zero-order valence-electron chi connectivity index (χ0n) is 41.4. The maximum absolute atomic E-state index is 6.97. The number of hydrogen-bond donors (Lipinski definition) is 0. The Morgan fingerprint density at radius 1 is 0.274 bits per heavy atom. The van der Waals surface area contributed by atoms with Gasteiger partial charge in [0.15, 0.2) is 0 Å². The first-order valence-corrected chi connectivity index (χ1v) is 22.6. The lowest BCUT2D eigenvalue weighted by Crippen LogP contribution is -2.33. The lowest BCUT2D eigenvalue weighted by atomic mass is 9.73. The predicted octanol–water partition coefficient (Wildman–Crippen LogP) is 15.7. The topological polar surface area (TPSA) is 18.5 Å². The van der Waals surface area contributed by atoms with Crippen molar-refractivity contribution in [3.05, 3.63) is 199 Å². The van der Waals surface area contributed by atoms with Crippen LogP contribution in [0.5, 0.6) is 0 Å². The van der Waals surface area contributed by atoms with E-state index in [0.29, 0.717) is 0 Å². The first-order valence-electron chi connectivity index (χ1n) is 22.6. The summed E-state index contributed by atoms with van der Waals surface area (Å²) in [5, 5.41) is 0. The van der Waals surface area contributed by atoms with Crippen LogP contribution in [0.3, 0.4) is 0 Å². The molecule has 0 saturated carbocycles. The molecule has 6 rings (SSSR count). The molecule has 2 nitrogen and oxygen atoms in total. The molecule has 0 atom stereocenters. The number of hydrogen-bond acceptors (Lipinski definition) is 2. The van der Waals surface area contributed by atoms with Gasteiger partial charge in [0.25, 0.3) is 0 Å². The molecular formula is C60H74O2. The van der Waals surface area contributed by atoms with Crippen molar-refractivity contribution in [1.82, 2.24) is 0 Å². The van der Waals surface area contributed by atoms with Gasteiger partial charge < -0.3 is 9.47 Å². The molecule has 6 aromatic rings. The summed E-state index contributed by atoms with van der Waals surface area (Å²) in [5.74, 6) is 0. The van der Waals surface area contributed by atoms with Crippen molar-refractivity contribution in [3.8, 4) is 11.1 Å². The Morgan fingerprint density at radius 3 is 0.645 bits per heavy atom. The van der Waals surface area contributed by atoms with Gasteiger partial charge in [-0.15, -0.1) is 0 Å². The van der Waals surface area contributed by atoms with E-state index in [0.717, 1.165) is 33.4 Å². The molecule has 62 heavy (non-hydrogen) atoms. The van der Waals surface area contributed by atoms with E-state index in [-0.39, 0.29) is 21.7 Å². The van der Waals surface area contributed by atoms with Crippen LogP contribution in [0, 0.1) is 27.7 Å². The molecule has 6 aromatic carbocycles. The summed E-state index contributed by atoms with van der Waals surface area (Å²) in [7, 11) is 3.73. The van der Waals surface area contributed by atoms with Gasteiger partial charge in [0.2, 0.25) is 0 Å². The van der Waals surface area contributed by atoms with E-state index < -0.39 is 11.2 Å². The minimum absolute atomic E-state index is 0.0247. The molecule has 0 bridgehead atoms. The van der Waals surface area contributed by atoms with Crippen molar-refractivity contribution in [2.24, 2.45) is 0 Å². The summed E-state index contributed by atoms with van der Waals surface area (Å²) in [6, 6.07) is 46.0. The summed E-state index contributed by atoms with van der Waals surface area (Å²) < 4.78 is 13.9. The summed E-state index contributed by atoms with van der Waals surface area (Å²) >= 11 is 0. The van der Waals surface area contributed by atoms with E-state index in [1.807, 2.05) is 14.2 Å². The molecule has 0 aliphatic carbocycles. The van der Waals surface area contributed by atoms with E-state index in [2.05, 4.69) is 232 Å². The summed E-state index contributed by atoms with van der Waals surface area (Å²) in [6.07, 6.45) is 0. The van der Waals surface area contributed by atoms with Crippen LogP contribution in [-0.2, 0) is 42.3 Å². The molecule has 0 saturated heterocycles. The minimum Gasteiger partial charge on any atom is -0.364 e. The van der Waals surface area contributed by atoms with Crippen molar-refractivity contribution in [2.45, 2.75) is 144 Å². The quantitative estimate of drug-likeness (QED) is 0.135. The Balaban J connectivity index is 1.65. The molecule has 0 spiro atoms. The normalized spacial score (nSPS) is 13.1. The van der Waals surface area contributed by atoms with Crippen LogP contribution in [-0.4, -0.2) is 14.2 Å². The van der Waals surface area contributed by atoms with Gasteiger partial charge in [-0.05, 0) is 151 Å². The number of rotatable bonds is 9. The Morgan fingerprint density at radius 2 is 0.468 bits per heavy atom. The molecule has 0 amide bonds. The average molecular weight is 827 g/mol. The molecule has 0 aliphatic heterocycles. The van der Waals surface area contributed by atoms with Crippen molar-refractivity contribution < 1.29 is 9.47 Å². The van der Waals surface area contributed by atoms with Crippen molar-refractivity contribution >= 4 is 0 Å². The summed E-state index contributed by atoms with van der Waals surface area (Å²) in [6.45, 7) is 36.2. The molecule has 0 heterocycles. The average Bonchev–Trinajstić information content (AvgIpc) is 3.20. The van der Waals surface area contributed by atoms with Gasteiger partial charge in [0, 0.05) is 14.2 Å². The largest absolute Gasteiger partial charge is 0.364 e. The monoisotopic (exact) mass is 827 g/mol. The van der Waals surface area contributed by atoms with Gasteiger partial charge in [-0.1, -0.05) is 192 Å². The smallest absolute Gasteiger partial charge is 0.143 e. The fourth-order valence-electron chi connectivity index (χ4n) is 9.51.